The number of carboxylic acids is 2. The molecule has 0 saturated carbocycles. The van der Waals surface area contributed by atoms with E-state index in [2.05, 4.69) is 0 Å². The summed E-state index contributed by atoms with van der Waals surface area (Å²) in [6.07, 6.45) is 2.83. The van der Waals surface area contributed by atoms with Gasteiger partial charge in [0.2, 0.25) is 10.5 Å². The van der Waals surface area contributed by atoms with Crippen LogP contribution in [0, 0.1) is 5.41 Å². The summed E-state index contributed by atoms with van der Waals surface area (Å²) in [5, 5.41) is 15.1. The number of aliphatic carboxylic acids is 2. The number of halogens is 2. The highest BCUT2D eigenvalue weighted by molar-refractivity contribution is 6.30. The van der Waals surface area contributed by atoms with Crippen molar-refractivity contribution in [2.45, 2.75) is 5.13 Å². The Kier molecular flexibility index (Phi) is 3.39. The number of rotatable bonds is 3. The Balaban J connectivity index is 2.54. The Morgan fingerprint density at radius 3 is 2.10 bits per heavy atom. The van der Waals surface area contributed by atoms with Gasteiger partial charge >= 0.3 is 11.9 Å². The first kappa shape index (κ1) is 14.3. The number of benzene rings is 1. The minimum absolute atomic E-state index is 0.321. The molecule has 0 heterocycles. The van der Waals surface area contributed by atoms with Gasteiger partial charge in [0, 0.05) is 0 Å². The van der Waals surface area contributed by atoms with Gasteiger partial charge in [-0.1, -0.05) is 54.1 Å². The maximum atomic E-state index is 14.5. The van der Waals surface area contributed by atoms with Crippen LogP contribution in [0.15, 0.2) is 48.6 Å². The van der Waals surface area contributed by atoms with E-state index in [9.17, 15) is 14.0 Å². The van der Waals surface area contributed by atoms with Crippen LogP contribution >= 0.6 is 11.6 Å². The first-order valence-electron chi connectivity index (χ1n) is 5.63. The lowest BCUT2D eigenvalue weighted by atomic mass is 9.77. The highest BCUT2D eigenvalue weighted by Gasteiger charge is 2.62. The number of alkyl halides is 2. The molecule has 1 aliphatic carbocycles. The van der Waals surface area contributed by atoms with E-state index in [4.69, 9.17) is 21.8 Å². The zero-order valence-corrected chi connectivity index (χ0v) is 10.8. The predicted molar refractivity (Wildman–Crippen MR) is 71.0 cm³/mol. The first-order valence-corrected chi connectivity index (χ1v) is 6.01. The summed E-state index contributed by atoms with van der Waals surface area (Å²) in [7, 11) is 0. The third-order valence-corrected chi connectivity index (χ3v) is 3.56. The Bertz CT molecular complexity index is 605. The summed E-state index contributed by atoms with van der Waals surface area (Å²) < 4.78 is 14.5. The van der Waals surface area contributed by atoms with E-state index >= 15 is 0 Å². The fourth-order valence-corrected chi connectivity index (χ4v) is 2.35. The summed E-state index contributed by atoms with van der Waals surface area (Å²) in [6, 6.07) is 8.55. The van der Waals surface area contributed by atoms with Crippen LogP contribution in [-0.2, 0) is 9.59 Å². The van der Waals surface area contributed by atoms with Gasteiger partial charge in [-0.3, -0.25) is 9.59 Å². The molecule has 1 aromatic carbocycles. The molecule has 1 unspecified atom stereocenters. The lowest BCUT2D eigenvalue weighted by molar-refractivity contribution is -0.165. The molecule has 6 heteroatoms. The Hall–Kier alpha value is -2.14. The van der Waals surface area contributed by atoms with Gasteiger partial charge in [-0.25, -0.2) is 4.39 Å². The van der Waals surface area contributed by atoms with Gasteiger partial charge in [0.15, 0.2) is 0 Å². The zero-order valence-electron chi connectivity index (χ0n) is 10.1. The largest absolute Gasteiger partial charge is 0.480 e. The second-order valence-corrected chi connectivity index (χ2v) is 4.89. The molecular weight excluding hydrogens is 287 g/mol. The molecule has 0 amide bonds. The van der Waals surface area contributed by atoms with Crippen LogP contribution in [0.25, 0.3) is 5.57 Å². The predicted octanol–water partition coefficient (Wildman–Crippen LogP) is 2.70. The summed E-state index contributed by atoms with van der Waals surface area (Å²) >= 11 is 5.57. The van der Waals surface area contributed by atoms with Crippen molar-refractivity contribution in [3.63, 3.8) is 0 Å². The lowest BCUT2D eigenvalue weighted by Gasteiger charge is -2.33. The maximum absolute atomic E-state index is 14.5. The topological polar surface area (TPSA) is 74.6 Å². The van der Waals surface area contributed by atoms with Crippen molar-refractivity contribution in [2.24, 2.45) is 5.41 Å². The number of hydrogen-bond donors (Lipinski definition) is 2. The van der Waals surface area contributed by atoms with Crippen LogP contribution in [0.2, 0.25) is 0 Å². The number of allylic oxidation sites excluding steroid dienone is 3. The molecule has 20 heavy (non-hydrogen) atoms. The van der Waals surface area contributed by atoms with Crippen LogP contribution in [0.4, 0.5) is 4.39 Å². The van der Waals surface area contributed by atoms with Gasteiger partial charge in [0.1, 0.15) is 0 Å². The molecule has 0 aromatic heterocycles. The van der Waals surface area contributed by atoms with E-state index in [1.165, 1.54) is 6.08 Å². The zero-order chi connectivity index (χ0) is 15.0. The van der Waals surface area contributed by atoms with Crippen LogP contribution in [0.1, 0.15) is 5.56 Å². The van der Waals surface area contributed by atoms with Crippen molar-refractivity contribution in [3.05, 3.63) is 54.1 Å². The molecular formula is C14H10ClFO4. The molecule has 2 rings (SSSR count). The van der Waals surface area contributed by atoms with E-state index in [0.717, 1.165) is 12.2 Å². The standard InChI is InChI=1S/C14H10ClFO4/c15-14(16)8-10(9-4-2-1-3-5-9)6-7-13(14,11(17)18)12(19)20/h1-8H,(H,17,18)(H,19,20). The summed E-state index contributed by atoms with van der Waals surface area (Å²) in [5.41, 5.74) is -1.91. The molecule has 1 atom stereocenters. The summed E-state index contributed by atoms with van der Waals surface area (Å²) in [4.78, 5) is 22.4. The second kappa shape index (κ2) is 4.76. The van der Waals surface area contributed by atoms with Crippen LogP contribution in [-0.4, -0.2) is 27.3 Å². The third-order valence-electron chi connectivity index (χ3n) is 3.16. The van der Waals surface area contributed by atoms with Crippen molar-refractivity contribution in [3.8, 4) is 0 Å². The molecule has 0 fully saturated rings. The summed E-state index contributed by atoms with van der Waals surface area (Å²) in [5.74, 6) is -3.72. The van der Waals surface area contributed by atoms with Crippen molar-refractivity contribution in [2.75, 3.05) is 0 Å². The molecule has 0 aliphatic heterocycles. The third kappa shape index (κ3) is 2.00. The molecule has 0 spiro atoms. The van der Waals surface area contributed by atoms with E-state index < -0.39 is 22.5 Å². The number of hydrogen-bond acceptors (Lipinski definition) is 2. The van der Waals surface area contributed by atoms with E-state index in [1.807, 2.05) is 0 Å². The van der Waals surface area contributed by atoms with Crippen molar-refractivity contribution < 1.29 is 24.2 Å². The maximum Gasteiger partial charge on any atom is 0.330 e. The Morgan fingerprint density at radius 1 is 1.10 bits per heavy atom. The molecule has 0 radical (unpaired) electrons. The molecule has 0 bridgehead atoms. The van der Waals surface area contributed by atoms with Gasteiger partial charge in [-0.15, -0.1) is 0 Å². The van der Waals surface area contributed by atoms with Crippen molar-refractivity contribution in [1.82, 2.24) is 0 Å². The van der Waals surface area contributed by atoms with Crippen LogP contribution in [0.3, 0.4) is 0 Å². The SMILES string of the molecule is O=C(O)C1(C(=O)O)C=CC(c2ccccc2)=CC1(F)Cl. The van der Waals surface area contributed by atoms with Crippen molar-refractivity contribution >= 4 is 29.1 Å². The Labute approximate surface area is 118 Å². The number of carboxylic acid groups (broad SMARTS) is 2. The number of carbonyl (C=O) groups is 2. The summed E-state index contributed by atoms with van der Waals surface area (Å²) in [6.45, 7) is 0. The molecule has 1 aromatic rings. The average molecular weight is 297 g/mol. The fourth-order valence-electron chi connectivity index (χ4n) is 2.01. The van der Waals surface area contributed by atoms with Crippen molar-refractivity contribution in [1.29, 1.82) is 0 Å². The van der Waals surface area contributed by atoms with Crippen LogP contribution in [0.5, 0.6) is 0 Å². The highest BCUT2D eigenvalue weighted by Crippen LogP contribution is 2.47. The smallest absolute Gasteiger partial charge is 0.330 e. The molecule has 104 valence electrons. The fraction of sp³-hybridized carbons (Fsp3) is 0.143. The molecule has 2 N–H and O–H groups in total. The van der Waals surface area contributed by atoms with Crippen LogP contribution < -0.4 is 0 Å². The molecule has 1 aliphatic rings. The highest BCUT2D eigenvalue weighted by atomic mass is 35.5. The minimum atomic E-state index is -3.06. The molecule has 0 saturated heterocycles. The van der Waals surface area contributed by atoms with Gasteiger partial charge in [0.05, 0.1) is 0 Å². The van der Waals surface area contributed by atoms with E-state index in [1.54, 1.807) is 30.3 Å². The Morgan fingerprint density at radius 2 is 1.65 bits per heavy atom. The van der Waals surface area contributed by atoms with E-state index in [-0.39, 0.29) is 0 Å². The lowest BCUT2D eigenvalue weighted by Crippen LogP contribution is -2.51. The van der Waals surface area contributed by atoms with Gasteiger partial charge in [0.25, 0.3) is 0 Å². The second-order valence-electron chi connectivity index (χ2n) is 4.34. The average Bonchev–Trinajstić information content (AvgIpc) is 2.37. The normalized spacial score (nSPS) is 24.0. The monoisotopic (exact) mass is 296 g/mol. The van der Waals surface area contributed by atoms with Gasteiger partial charge in [-0.05, 0) is 17.2 Å². The van der Waals surface area contributed by atoms with Gasteiger partial charge in [-0.2, -0.15) is 0 Å². The quantitative estimate of drug-likeness (QED) is 0.664. The molecule has 4 nitrogen and oxygen atoms in total. The van der Waals surface area contributed by atoms with Gasteiger partial charge < -0.3 is 10.2 Å². The van der Waals surface area contributed by atoms with E-state index in [0.29, 0.717) is 11.1 Å². The minimum Gasteiger partial charge on any atom is -0.480 e. The first-order chi connectivity index (χ1) is 9.31.